The lowest BCUT2D eigenvalue weighted by Gasteiger charge is -2.40. The SMILES string of the molecule is CCOC(=O)[C@@]1(CCOc2ccccc2)CCCN(Cc2nccn2C)C1. The Bertz CT molecular complexity index is 731. The summed E-state index contributed by atoms with van der Waals surface area (Å²) in [6, 6.07) is 9.73. The first-order chi connectivity index (χ1) is 13.1. The number of carbonyl (C=O) groups excluding carboxylic acids is 1. The van der Waals surface area contributed by atoms with Crippen molar-refractivity contribution in [1.29, 1.82) is 0 Å². The Balaban J connectivity index is 1.67. The Morgan fingerprint density at radius 2 is 2.11 bits per heavy atom. The van der Waals surface area contributed by atoms with E-state index in [1.807, 2.05) is 61.3 Å². The van der Waals surface area contributed by atoms with Gasteiger partial charge in [0.05, 0.1) is 25.2 Å². The van der Waals surface area contributed by atoms with Crippen LogP contribution >= 0.6 is 0 Å². The van der Waals surface area contributed by atoms with E-state index in [1.54, 1.807) is 0 Å². The van der Waals surface area contributed by atoms with Crippen molar-refractivity contribution in [3.05, 3.63) is 48.5 Å². The second kappa shape index (κ2) is 9.04. The second-order valence-corrected chi connectivity index (χ2v) is 7.18. The highest BCUT2D eigenvalue weighted by atomic mass is 16.5. The van der Waals surface area contributed by atoms with Crippen LogP contribution in [-0.4, -0.2) is 46.7 Å². The first-order valence-electron chi connectivity index (χ1n) is 9.66. The molecule has 0 unspecified atom stereocenters. The molecule has 1 atom stereocenters. The van der Waals surface area contributed by atoms with Gasteiger partial charge >= 0.3 is 5.97 Å². The van der Waals surface area contributed by atoms with Crippen LogP contribution in [0.1, 0.15) is 32.0 Å². The van der Waals surface area contributed by atoms with Crippen molar-refractivity contribution in [2.45, 2.75) is 32.7 Å². The monoisotopic (exact) mass is 371 g/mol. The van der Waals surface area contributed by atoms with E-state index in [-0.39, 0.29) is 5.97 Å². The van der Waals surface area contributed by atoms with Gasteiger partial charge in [-0.3, -0.25) is 9.69 Å². The molecule has 1 aromatic carbocycles. The van der Waals surface area contributed by atoms with Gasteiger partial charge in [-0.15, -0.1) is 0 Å². The molecule has 0 N–H and O–H groups in total. The Kier molecular flexibility index (Phi) is 6.50. The van der Waals surface area contributed by atoms with Crippen molar-refractivity contribution in [2.75, 3.05) is 26.3 Å². The second-order valence-electron chi connectivity index (χ2n) is 7.18. The standard InChI is InChI=1S/C21H29N3O3/c1-3-26-20(25)21(11-15-27-18-8-5-4-6-9-18)10-7-13-24(17-21)16-19-22-12-14-23(19)2/h4-6,8-9,12,14H,3,7,10-11,13,15-17H2,1-2H3/t21-/m1/s1. The van der Waals surface area contributed by atoms with Crippen LogP contribution in [0, 0.1) is 5.41 Å². The molecule has 27 heavy (non-hydrogen) atoms. The van der Waals surface area contributed by atoms with Gasteiger partial charge in [-0.2, -0.15) is 0 Å². The van der Waals surface area contributed by atoms with Crippen LogP contribution in [0.25, 0.3) is 0 Å². The number of hydrogen-bond acceptors (Lipinski definition) is 5. The molecule has 1 fully saturated rings. The van der Waals surface area contributed by atoms with E-state index >= 15 is 0 Å². The summed E-state index contributed by atoms with van der Waals surface area (Å²) in [7, 11) is 2.00. The lowest BCUT2D eigenvalue weighted by atomic mass is 9.77. The van der Waals surface area contributed by atoms with Gasteiger partial charge in [0.1, 0.15) is 11.6 Å². The largest absolute Gasteiger partial charge is 0.494 e. The van der Waals surface area contributed by atoms with Gasteiger partial charge in [0.2, 0.25) is 0 Å². The highest BCUT2D eigenvalue weighted by molar-refractivity contribution is 5.77. The summed E-state index contributed by atoms with van der Waals surface area (Å²) in [5.41, 5.74) is -0.520. The molecule has 2 heterocycles. The highest BCUT2D eigenvalue weighted by Crippen LogP contribution is 2.36. The number of aryl methyl sites for hydroxylation is 1. The van der Waals surface area contributed by atoms with E-state index in [2.05, 4.69) is 9.88 Å². The number of nitrogens with zero attached hydrogens (tertiary/aromatic N) is 3. The maximum atomic E-state index is 12.9. The quantitative estimate of drug-likeness (QED) is 0.668. The predicted molar refractivity (Wildman–Crippen MR) is 103 cm³/mol. The molecule has 1 aliphatic rings. The fourth-order valence-corrected chi connectivity index (χ4v) is 3.75. The van der Waals surface area contributed by atoms with Gasteiger partial charge in [-0.05, 0) is 44.9 Å². The molecule has 6 nitrogen and oxygen atoms in total. The third-order valence-electron chi connectivity index (χ3n) is 5.24. The van der Waals surface area contributed by atoms with Crippen molar-refractivity contribution in [3.8, 4) is 5.75 Å². The first kappa shape index (κ1) is 19.4. The fourth-order valence-electron chi connectivity index (χ4n) is 3.75. The smallest absolute Gasteiger partial charge is 0.313 e. The number of carbonyl (C=O) groups is 1. The summed E-state index contributed by atoms with van der Waals surface area (Å²) in [5, 5.41) is 0. The summed E-state index contributed by atoms with van der Waals surface area (Å²) >= 11 is 0. The number of aromatic nitrogens is 2. The van der Waals surface area contributed by atoms with Gasteiger partial charge in [0.15, 0.2) is 0 Å². The van der Waals surface area contributed by atoms with Gasteiger partial charge in [0.25, 0.3) is 0 Å². The van der Waals surface area contributed by atoms with Crippen LogP contribution < -0.4 is 4.74 Å². The number of rotatable bonds is 8. The minimum absolute atomic E-state index is 0.105. The molecule has 0 amide bonds. The molecule has 2 aromatic rings. The average molecular weight is 371 g/mol. The minimum Gasteiger partial charge on any atom is -0.494 e. The third kappa shape index (κ3) is 4.89. The normalized spacial score (nSPS) is 20.4. The molecule has 146 valence electrons. The number of benzene rings is 1. The number of ether oxygens (including phenoxy) is 2. The lowest BCUT2D eigenvalue weighted by molar-refractivity contribution is -0.160. The number of hydrogen-bond donors (Lipinski definition) is 0. The van der Waals surface area contributed by atoms with Crippen LogP contribution in [0.3, 0.4) is 0 Å². The van der Waals surface area contributed by atoms with Crippen molar-refractivity contribution in [1.82, 2.24) is 14.5 Å². The van der Waals surface area contributed by atoms with Crippen molar-refractivity contribution < 1.29 is 14.3 Å². The van der Waals surface area contributed by atoms with Crippen LogP contribution in [0.4, 0.5) is 0 Å². The summed E-state index contributed by atoms with van der Waals surface area (Å²) in [4.78, 5) is 19.6. The van der Waals surface area contributed by atoms with Crippen LogP contribution in [0.15, 0.2) is 42.7 Å². The van der Waals surface area contributed by atoms with Gasteiger partial charge < -0.3 is 14.0 Å². The summed E-state index contributed by atoms with van der Waals surface area (Å²) in [6.45, 7) is 5.15. The minimum atomic E-state index is -0.520. The van der Waals surface area contributed by atoms with E-state index in [4.69, 9.17) is 9.47 Å². The zero-order valence-corrected chi connectivity index (χ0v) is 16.3. The van der Waals surface area contributed by atoms with Crippen molar-refractivity contribution in [3.63, 3.8) is 0 Å². The highest BCUT2D eigenvalue weighted by Gasteiger charge is 2.43. The molecule has 0 radical (unpaired) electrons. The Labute approximate surface area is 161 Å². The number of likely N-dealkylation sites (tertiary alicyclic amines) is 1. The molecule has 0 saturated carbocycles. The van der Waals surface area contributed by atoms with E-state index in [9.17, 15) is 4.79 Å². The fraction of sp³-hybridized carbons (Fsp3) is 0.524. The Hall–Kier alpha value is -2.34. The molecule has 0 bridgehead atoms. The van der Waals surface area contributed by atoms with E-state index in [0.29, 0.717) is 26.2 Å². The molecule has 6 heteroatoms. The number of esters is 1. The maximum absolute atomic E-state index is 12.9. The average Bonchev–Trinajstić information content (AvgIpc) is 3.08. The van der Waals surface area contributed by atoms with Gasteiger partial charge in [0, 0.05) is 26.0 Å². The molecule has 1 saturated heterocycles. The number of imidazole rings is 1. The molecule has 1 aliphatic heterocycles. The van der Waals surface area contributed by atoms with Crippen LogP contribution in [0.5, 0.6) is 5.75 Å². The summed E-state index contributed by atoms with van der Waals surface area (Å²) in [6.07, 6.45) is 6.21. The van der Waals surface area contributed by atoms with Crippen LogP contribution in [-0.2, 0) is 23.1 Å². The van der Waals surface area contributed by atoms with Crippen LogP contribution in [0.2, 0.25) is 0 Å². The maximum Gasteiger partial charge on any atom is 0.313 e. The Morgan fingerprint density at radius 1 is 1.30 bits per heavy atom. The number of piperidine rings is 1. The molecule has 1 aromatic heterocycles. The summed E-state index contributed by atoms with van der Waals surface area (Å²) < 4.78 is 13.4. The summed E-state index contributed by atoms with van der Waals surface area (Å²) in [5.74, 6) is 1.73. The van der Waals surface area contributed by atoms with Crippen molar-refractivity contribution in [2.24, 2.45) is 12.5 Å². The molecular formula is C21H29N3O3. The van der Waals surface area contributed by atoms with E-state index < -0.39 is 5.41 Å². The molecule has 0 aliphatic carbocycles. The van der Waals surface area contributed by atoms with Gasteiger partial charge in [-0.1, -0.05) is 18.2 Å². The zero-order chi connectivity index (χ0) is 19.1. The van der Waals surface area contributed by atoms with E-state index in [1.165, 1.54) is 0 Å². The topological polar surface area (TPSA) is 56.6 Å². The third-order valence-corrected chi connectivity index (χ3v) is 5.24. The molecular weight excluding hydrogens is 342 g/mol. The van der Waals surface area contributed by atoms with Gasteiger partial charge in [-0.25, -0.2) is 4.98 Å². The molecule has 3 rings (SSSR count). The van der Waals surface area contributed by atoms with E-state index in [0.717, 1.165) is 37.5 Å². The van der Waals surface area contributed by atoms with Crippen molar-refractivity contribution >= 4 is 5.97 Å². The zero-order valence-electron chi connectivity index (χ0n) is 16.3. The predicted octanol–water partition coefficient (Wildman–Crippen LogP) is 3.03. The molecule has 0 spiro atoms. The Morgan fingerprint density at radius 3 is 2.81 bits per heavy atom. The first-order valence-corrected chi connectivity index (χ1v) is 9.66. The lowest BCUT2D eigenvalue weighted by Crippen LogP contribution is -2.49. The number of para-hydroxylation sites is 1.